The Kier molecular flexibility index (Phi) is 5.07. The highest BCUT2D eigenvalue weighted by Crippen LogP contribution is 2.25. The molecule has 2 atom stereocenters. The molecule has 1 aliphatic heterocycles. The van der Waals surface area contributed by atoms with Crippen LogP contribution in [0.1, 0.15) is 26.2 Å². The van der Waals surface area contributed by atoms with Gasteiger partial charge in [0.05, 0.1) is 5.02 Å². The second kappa shape index (κ2) is 6.80. The van der Waals surface area contributed by atoms with Crippen molar-refractivity contribution >= 4 is 23.5 Å². The van der Waals surface area contributed by atoms with Gasteiger partial charge in [-0.15, -0.1) is 0 Å². The molecule has 114 valence electrons. The first kappa shape index (κ1) is 15.6. The van der Waals surface area contributed by atoms with Crippen LogP contribution in [0.5, 0.6) is 5.75 Å². The summed E-state index contributed by atoms with van der Waals surface area (Å²) in [6, 6.07) is 6.13. The van der Waals surface area contributed by atoms with E-state index >= 15 is 0 Å². The zero-order valence-corrected chi connectivity index (χ0v) is 12.5. The van der Waals surface area contributed by atoms with Crippen LogP contribution in [0.4, 0.5) is 0 Å². The maximum absolute atomic E-state index is 12.4. The van der Waals surface area contributed by atoms with Crippen molar-refractivity contribution in [3.8, 4) is 5.75 Å². The van der Waals surface area contributed by atoms with Crippen LogP contribution in [0.25, 0.3) is 0 Å². The monoisotopic (exact) mass is 311 g/mol. The van der Waals surface area contributed by atoms with Crippen molar-refractivity contribution in [3.05, 3.63) is 29.3 Å². The lowest BCUT2D eigenvalue weighted by Crippen LogP contribution is -2.52. The van der Waals surface area contributed by atoms with Gasteiger partial charge in [0.15, 0.2) is 6.10 Å². The first-order valence-electron chi connectivity index (χ1n) is 6.95. The Labute approximate surface area is 128 Å². The summed E-state index contributed by atoms with van der Waals surface area (Å²) in [7, 11) is 0. The highest BCUT2D eigenvalue weighted by molar-refractivity contribution is 6.32. The van der Waals surface area contributed by atoms with Crippen LogP contribution < -0.4 is 4.74 Å². The molecular weight excluding hydrogens is 294 g/mol. The molecule has 0 aromatic heterocycles. The number of para-hydroxylation sites is 1. The van der Waals surface area contributed by atoms with Crippen molar-refractivity contribution in [1.82, 2.24) is 4.90 Å². The second-order valence-corrected chi connectivity index (χ2v) is 5.48. The van der Waals surface area contributed by atoms with E-state index in [9.17, 15) is 14.7 Å². The van der Waals surface area contributed by atoms with Crippen LogP contribution in [0.3, 0.4) is 0 Å². The van der Waals surface area contributed by atoms with Gasteiger partial charge in [0, 0.05) is 6.54 Å². The number of likely N-dealkylation sites (tertiary alicyclic amines) is 1. The first-order chi connectivity index (χ1) is 10.0. The average Bonchev–Trinajstić information content (AvgIpc) is 2.48. The van der Waals surface area contributed by atoms with Crippen LogP contribution in [0, 0.1) is 0 Å². The van der Waals surface area contributed by atoms with E-state index in [-0.39, 0.29) is 5.91 Å². The van der Waals surface area contributed by atoms with E-state index in [1.165, 1.54) is 4.90 Å². The van der Waals surface area contributed by atoms with Gasteiger partial charge in [0.2, 0.25) is 0 Å². The average molecular weight is 312 g/mol. The van der Waals surface area contributed by atoms with E-state index in [2.05, 4.69) is 0 Å². The number of ether oxygens (including phenoxy) is 1. The third-order valence-corrected chi connectivity index (χ3v) is 3.87. The Bertz CT molecular complexity index is 534. The number of hydrogen-bond donors (Lipinski definition) is 1. The molecule has 0 spiro atoms. The third-order valence-electron chi connectivity index (χ3n) is 3.56. The summed E-state index contributed by atoms with van der Waals surface area (Å²) in [4.78, 5) is 25.1. The Morgan fingerprint density at radius 3 is 2.76 bits per heavy atom. The van der Waals surface area contributed by atoms with E-state index in [1.807, 2.05) is 0 Å². The molecule has 0 saturated carbocycles. The summed E-state index contributed by atoms with van der Waals surface area (Å²) in [6.07, 6.45) is 1.35. The molecule has 1 aliphatic rings. The number of carboxylic acids is 1. The molecule has 5 nitrogen and oxygen atoms in total. The molecule has 1 fully saturated rings. The largest absolute Gasteiger partial charge is 0.480 e. The number of benzene rings is 1. The summed E-state index contributed by atoms with van der Waals surface area (Å²) in [5.74, 6) is -0.862. The zero-order valence-electron chi connectivity index (χ0n) is 11.8. The normalized spacial score (nSPS) is 19.9. The van der Waals surface area contributed by atoms with Crippen LogP contribution in [0.15, 0.2) is 24.3 Å². The van der Waals surface area contributed by atoms with Gasteiger partial charge in [-0.25, -0.2) is 4.79 Å². The SMILES string of the molecule is CC(Oc1ccccc1Cl)C(=O)N1CCCC[C@H]1C(=O)O. The number of nitrogens with zero attached hydrogens (tertiary/aromatic N) is 1. The van der Waals surface area contributed by atoms with Crippen molar-refractivity contribution in [3.63, 3.8) is 0 Å². The van der Waals surface area contributed by atoms with Gasteiger partial charge in [0.1, 0.15) is 11.8 Å². The fraction of sp³-hybridized carbons (Fsp3) is 0.467. The van der Waals surface area contributed by atoms with Crippen molar-refractivity contribution < 1.29 is 19.4 Å². The van der Waals surface area contributed by atoms with E-state index in [4.69, 9.17) is 16.3 Å². The minimum absolute atomic E-state index is 0.318. The number of piperidine rings is 1. The van der Waals surface area contributed by atoms with Crippen molar-refractivity contribution in [1.29, 1.82) is 0 Å². The fourth-order valence-electron chi connectivity index (χ4n) is 2.47. The second-order valence-electron chi connectivity index (χ2n) is 5.07. The van der Waals surface area contributed by atoms with Crippen LogP contribution in [0.2, 0.25) is 5.02 Å². The molecule has 1 amide bonds. The number of carbonyl (C=O) groups excluding carboxylic acids is 1. The van der Waals surface area contributed by atoms with Gasteiger partial charge in [-0.05, 0) is 38.3 Å². The maximum Gasteiger partial charge on any atom is 0.326 e. The number of amides is 1. The molecule has 1 N–H and O–H groups in total. The maximum atomic E-state index is 12.4. The molecule has 1 saturated heterocycles. The Morgan fingerprint density at radius 1 is 1.38 bits per heavy atom. The van der Waals surface area contributed by atoms with Crippen LogP contribution >= 0.6 is 11.6 Å². The fourth-order valence-corrected chi connectivity index (χ4v) is 2.65. The summed E-state index contributed by atoms with van der Waals surface area (Å²) in [5.41, 5.74) is 0. The summed E-state index contributed by atoms with van der Waals surface area (Å²) >= 11 is 5.99. The van der Waals surface area contributed by atoms with Gasteiger partial charge < -0.3 is 14.7 Å². The summed E-state index contributed by atoms with van der Waals surface area (Å²) in [6.45, 7) is 2.06. The number of rotatable bonds is 4. The molecule has 0 bridgehead atoms. The quantitative estimate of drug-likeness (QED) is 0.928. The zero-order chi connectivity index (χ0) is 15.4. The molecule has 6 heteroatoms. The number of hydrogen-bond acceptors (Lipinski definition) is 3. The first-order valence-corrected chi connectivity index (χ1v) is 7.33. The summed E-state index contributed by atoms with van der Waals surface area (Å²) in [5, 5.41) is 9.64. The lowest BCUT2D eigenvalue weighted by atomic mass is 10.0. The topological polar surface area (TPSA) is 66.8 Å². The predicted octanol–water partition coefficient (Wildman–Crippen LogP) is 2.57. The highest BCUT2D eigenvalue weighted by atomic mass is 35.5. The molecule has 0 radical (unpaired) electrons. The van der Waals surface area contributed by atoms with Crippen molar-refractivity contribution in [2.75, 3.05) is 6.54 Å². The Balaban J connectivity index is 2.07. The lowest BCUT2D eigenvalue weighted by Gasteiger charge is -2.34. The minimum Gasteiger partial charge on any atom is -0.480 e. The van der Waals surface area contributed by atoms with Gasteiger partial charge in [-0.1, -0.05) is 23.7 Å². The molecule has 1 aromatic carbocycles. The van der Waals surface area contributed by atoms with Crippen molar-refractivity contribution in [2.24, 2.45) is 0 Å². The molecule has 1 heterocycles. The smallest absolute Gasteiger partial charge is 0.326 e. The standard InChI is InChI=1S/C15H18ClNO4/c1-10(21-13-8-3-2-6-11(13)16)14(18)17-9-5-4-7-12(17)15(19)20/h2-3,6,8,10,12H,4-5,7,9H2,1H3,(H,19,20)/t10?,12-/m0/s1. The van der Waals surface area contributed by atoms with Crippen LogP contribution in [-0.2, 0) is 9.59 Å². The number of carboxylic acid groups (broad SMARTS) is 1. The molecule has 0 aliphatic carbocycles. The van der Waals surface area contributed by atoms with E-state index < -0.39 is 18.1 Å². The van der Waals surface area contributed by atoms with Gasteiger partial charge in [0.25, 0.3) is 5.91 Å². The Morgan fingerprint density at radius 2 is 2.10 bits per heavy atom. The predicted molar refractivity (Wildman–Crippen MR) is 78.5 cm³/mol. The van der Waals surface area contributed by atoms with Gasteiger partial charge >= 0.3 is 5.97 Å². The summed E-state index contributed by atoms with van der Waals surface area (Å²) < 4.78 is 5.57. The molecular formula is C15H18ClNO4. The molecule has 1 unspecified atom stereocenters. The number of carbonyl (C=O) groups is 2. The lowest BCUT2D eigenvalue weighted by molar-refractivity contribution is -0.155. The molecule has 2 rings (SSSR count). The van der Waals surface area contributed by atoms with E-state index in [0.717, 1.165) is 12.8 Å². The third kappa shape index (κ3) is 3.67. The molecule has 1 aromatic rings. The minimum atomic E-state index is -0.965. The van der Waals surface area contributed by atoms with E-state index in [0.29, 0.717) is 23.7 Å². The van der Waals surface area contributed by atoms with Gasteiger partial charge in [-0.3, -0.25) is 4.79 Å². The highest BCUT2D eigenvalue weighted by Gasteiger charge is 2.34. The molecule has 21 heavy (non-hydrogen) atoms. The Hall–Kier alpha value is -1.75. The number of halogens is 1. The van der Waals surface area contributed by atoms with Crippen molar-refractivity contribution in [2.45, 2.75) is 38.3 Å². The van der Waals surface area contributed by atoms with E-state index in [1.54, 1.807) is 31.2 Å². The van der Waals surface area contributed by atoms with Gasteiger partial charge in [-0.2, -0.15) is 0 Å². The number of aliphatic carboxylic acids is 1. The van der Waals surface area contributed by atoms with Crippen LogP contribution in [-0.4, -0.2) is 40.6 Å².